The summed E-state index contributed by atoms with van der Waals surface area (Å²) in [4.78, 5) is 26.1. The molecule has 0 radical (unpaired) electrons. The van der Waals surface area contributed by atoms with Crippen molar-refractivity contribution in [1.29, 1.82) is 0 Å². The fourth-order valence-electron chi connectivity index (χ4n) is 3.63. The third kappa shape index (κ3) is 5.36. The summed E-state index contributed by atoms with van der Waals surface area (Å²) in [7, 11) is 1.35. The molecule has 1 atom stereocenters. The molecule has 2 aromatic rings. The molecule has 1 aliphatic rings. The largest absolute Gasteiger partial charge is 0.469 e. The fourth-order valence-corrected chi connectivity index (χ4v) is 3.63. The number of rotatable bonds is 8. The molecule has 0 aliphatic carbocycles. The highest BCUT2D eigenvalue weighted by Crippen LogP contribution is 2.20. The van der Waals surface area contributed by atoms with Crippen molar-refractivity contribution in [2.75, 3.05) is 26.8 Å². The number of methoxy groups -OCH3 is 1. The van der Waals surface area contributed by atoms with Gasteiger partial charge < -0.3 is 14.4 Å². The van der Waals surface area contributed by atoms with Gasteiger partial charge in [-0.3, -0.25) is 9.59 Å². The van der Waals surface area contributed by atoms with Gasteiger partial charge in [-0.25, -0.2) is 4.68 Å². The number of esters is 1. The molecule has 3 rings (SSSR count). The Morgan fingerprint density at radius 2 is 2.07 bits per heavy atom. The van der Waals surface area contributed by atoms with Gasteiger partial charge in [0.2, 0.25) is 5.91 Å². The van der Waals surface area contributed by atoms with Crippen molar-refractivity contribution in [3.05, 3.63) is 53.4 Å². The van der Waals surface area contributed by atoms with Crippen molar-refractivity contribution in [2.45, 2.75) is 39.2 Å². The average molecular weight is 412 g/mol. The standard InChI is InChI=1S/C23H29N3O4/c1-17-21(18(2)26(24-17)19-8-5-4-6-9-19)11-12-22(27)25(14-13-23(28)29-3)16-20-10-7-15-30-20/h4-6,8-9,11-12,20H,7,10,13-16H2,1-3H3/b12-11+. The molecule has 1 fully saturated rings. The molecule has 0 spiro atoms. The predicted molar refractivity (Wildman–Crippen MR) is 114 cm³/mol. The van der Waals surface area contributed by atoms with Crippen LogP contribution < -0.4 is 0 Å². The number of ether oxygens (including phenoxy) is 2. The Bertz CT molecular complexity index is 899. The summed E-state index contributed by atoms with van der Waals surface area (Å²) in [6.07, 6.45) is 5.46. The van der Waals surface area contributed by atoms with Gasteiger partial charge in [-0.05, 0) is 44.9 Å². The predicted octanol–water partition coefficient (Wildman–Crippen LogP) is 3.07. The zero-order valence-corrected chi connectivity index (χ0v) is 17.8. The molecule has 1 unspecified atom stereocenters. The highest BCUT2D eigenvalue weighted by atomic mass is 16.5. The van der Waals surface area contributed by atoms with E-state index in [1.54, 1.807) is 17.1 Å². The molecule has 30 heavy (non-hydrogen) atoms. The summed E-state index contributed by atoms with van der Waals surface area (Å²) in [6, 6.07) is 9.89. The molecular formula is C23H29N3O4. The summed E-state index contributed by atoms with van der Waals surface area (Å²) in [6.45, 7) is 5.41. The van der Waals surface area contributed by atoms with Crippen LogP contribution in [0.25, 0.3) is 11.8 Å². The van der Waals surface area contributed by atoms with Crippen LogP contribution in [0.15, 0.2) is 36.4 Å². The van der Waals surface area contributed by atoms with Gasteiger partial charge in [0.05, 0.1) is 31.0 Å². The van der Waals surface area contributed by atoms with Gasteiger partial charge in [0.15, 0.2) is 0 Å². The first kappa shape index (κ1) is 21.8. The number of carbonyl (C=O) groups excluding carboxylic acids is 2. The highest BCUT2D eigenvalue weighted by Gasteiger charge is 2.22. The minimum absolute atomic E-state index is 0.0179. The molecule has 1 aliphatic heterocycles. The third-order valence-electron chi connectivity index (χ3n) is 5.31. The molecule has 1 amide bonds. The van der Waals surface area contributed by atoms with Gasteiger partial charge in [-0.15, -0.1) is 0 Å². The van der Waals surface area contributed by atoms with Crippen molar-refractivity contribution >= 4 is 18.0 Å². The number of aromatic nitrogens is 2. The topological polar surface area (TPSA) is 73.7 Å². The average Bonchev–Trinajstić information content (AvgIpc) is 3.37. The number of carbonyl (C=O) groups is 2. The van der Waals surface area contributed by atoms with Gasteiger partial charge in [0, 0.05) is 37.0 Å². The second-order valence-corrected chi connectivity index (χ2v) is 7.41. The number of amides is 1. The van der Waals surface area contributed by atoms with E-state index in [9.17, 15) is 9.59 Å². The van der Waals surface area contributed by atoms with Crippen LogP contribution in [-0.2, 0) is 19.1 Å². The minimum atomic E-state index is -0.333. The second-order valence-electron chi connectivity index (χ2n) is 7.41. The van der Waals surface area contributed by atoms with E-state index in [0.717, 1.165) is 42.1 Å². The number of benzene rings is 1. The maximum atomic E-state index is 12.9. The first-order chi connectivity index (χ1) is 14.5. The SMILES string of the molecule is COC(=O)CCN(CC1CCCO1)C(=O)/C=C/c1c(C)nn(-c2ccccc2)c1C. The number of nitrogens with zero attached hydrogens (tertiary/aromatic N) is 3. The van der Waals surface area contributed by atoms with E-state index in [1.807, 2.05) is 48.9 Å². The van der Waals surface area contributed by atoms with Gasteiger partial charge >= 0.3 is 5.97 Å². The van der Waals surface area contributed by atoms with E-state index in [2.05, 4.69) is 5.10 Å². The molecule has 1 aromatic heterocycles. The number of para-hydroxylation sites is 1. The van der Waals surface area contributed by atoms with Crippen molar-refractivity contribution < 1.29 is 19.1 Å². The van der Waals surface area contributed by atoms with Crippen LogP contribution in [0.3, 0.4) is 0 Å². The van der Waals surface area contributed by atoms with Gasteiger partial charge in [0.1, 0.15) is 0 Å². The van der Waals surface area contributed by atoms with Crippen molar-refractivity contribution in [3.63, 3.8) is 0 Å². The fraction of sp³-hybridized carbons (Fsp3) is 0.435. The maximum Gasteiger partial charge on any atom is 0.307 e. The van der Waals surface area contributed by atoms with Crippen LogP contribution in [0.5, 0.6) is 0 Å². The van der Waals surface area contributed by atoms with Crippen molar-refractivity contribution in [1.82, 2.24) is 14.7 Å². The zero-order valence-electron chi connectivity index (χ0n) is 17.8. The third-order valence-corrected chi connectivity index (χ3v) is 5.31. The van der Waals surface area contributed by atoms with E-state index in [1.165, 1.54) is 7.11 Å². The summed E-state index contributed by atoms with van der Waals surface area (Å²) in [5.41, 5.74) is 3.70. The Morgan fingerprint density at radius 3 is 2.73 bits per heavy atom. The van der Waals surface area contributed by atoms with Crippen LogP contribution >= 0.6 is 0 Å². The maximum absolute atomic E-state index is 12.9. The molecule has 0 saturated carbocycles. The Morgan fingerprint density at radius 1 is 1.30 bits per heavy atom. The first-order valence-corrected chi connectivity index (χ1v) is 10.3. The summed E-state index contributed by atoms with van der Waals surface area (Å²) >= 11 is 0. The lowest BCUT2D eigenvalue weighted by Crippen LogP contribution is -2.38. The van der Waals surface area contributed by atoms with Crippen LogP contribution in [0.2, 0.25) is 0 Å². The van der Waals surface area contributed by atoms with Crippen molar-refractivity contribution in [2.24, 2.45) is 0 Å². The van der Waals surface area contributed by atoms with Crippen LogP contribution in [0.4, 0.5) is 0 Å². The van der Waals surface area contributed by atoms with Gasteiger partial charge in [0.25, 0.3) is 0 Å². The zero-order chi connectivity index (χ0) is 21.5. The summed E-state index contributed by atoms with van der Waals surface area (Å²) in [5, 5.41) is 4.62. The summed E-state index contributed by atoms with van der Waals surface area (Å²) < 4.78 is 12.3. The highest BCUT2D eigenvalue weighted by molar-refractivity contribution is 5.92. The van der Waals surface area contributed by atoms with Gasteiger partial charge in [-0.2, -0.15) is 5.10 Å². The van der Waals surface area contributed by atoms with Crippen LogP contribution in [0.1, 0.15) is 36.2 Å². The number of hydrogen-bond donors (Lipinski definition) is 0. The van der Waals surface area contributed by atoms with E-state index < -0.39 is 0 Å². The molecule has 7 heteroatoms. The number of aryl methyl sites for hydroxylation is 1. The molecule has 0 N–H and O–H groups in total. The van der Waals surface area contributed by atoms with Crippen molar-refractivity contribution in [3.8, 4) is 5.69 Å². The van der Waals surface area contributed by atoms with Gasteiger partial charge in [-0.1, -0.05) is 18.2 Å². The molecule has 160 valence electrons. The molecule has 0 bridgehead atoms. The molecular weight excluding hydrogens is 382 g/mol. The smallest absolute Gasteiger partial charge is 0.307 e. The monoisotopic (exact) mass is 411 g/mol. The lowest BCUT2D eigenvalue weighted by atomic mass is 10.1. The quantitative estimate of drug-likeness (QED) is 0.493. The first-order valence-electron chi connectivity index (χ1n) is 10.3. The Kier molecular flexibility index (Phi) is 7.41. The molecule has 7 nitrogen and oxygen atoms in total. The van der Waals surface area contributed by atoms with E-state index >= 15 is 0 Å². The second kappa shape index (κ2) is 10.2. The lowest BCUT2D eigenvalue weighted by molar-refractivity contribution is -0.141. The Labute approximate surface area is 177 Å². The van der Waals surface area contributed by atoms with Crippen LogP contribution in [0, 0.1) is 13.8 Å². The molecule has 1 aromatic carbocycles. The number of hydrogen-bond acceptors (Lipinski definition) is 5. The normalized spacial score (nSPS) is 16.2. The Hall–Kier alpha value is -2.93. The Balaban J connectivity index is 1.75. The molecule has 2 heterocycles. The van der Waals surface area contributed by atoms with Crippen LogP contribution in [-0.4, -0.2) is 59.5 Å². The van der Waals surface area contributed by atoms with E-state index in [0.29, 0.717) is 13.1 Å². The minimum Gasteiger partial charge on any atom is -0.469 e. The lowest BCUT2D eigenvalue weighted by Gasteiger charge is -2.24. The van der Waals surface area contributed by atoms with E-state index in [-0.39, 0.29) is 24.4 Å². The molecule has 1 saturated heterocycles. The summed E-state index contributed by atoms with van der Waals surface area (Å²) in [5.74, 6) is -0.486. The van der Waals surface area contributed by atoms with E-state index in [4.69, 9.17) is 9.47 Å².